The first-order valence-corrected chi connectivity index (χ1v) is 6.04. The number of likely N-dealkylation sites (N-methyl/N-ethyl adjacent to an activating group) is 1. The summed E-state index contributed by atoms with van der Waals surface area (Å²) < 4.78 is 0. The van der Waals surface area contributed by atoms with Gasteiger partial charge < -0.3 is 5.73 Å². The van der Waals surface area contributed by atoms with E-state index in [1.807, 2.05) is 9.80 Å². The molecule has 100 valence electrons. The van der Waals surface area contributed by atoms with Gasteiger partial charge in [-0.1, -0.05) is 0 Å². The Kier molecular flexibility index (Phi) is 3.63. The molecule has 0 unspecified atom stereocenters. The number of hydrogen-bond acceptors (Lipinski definition) is 5. The van der Waals surface area contributed by atoms with Gasteiger partial charge in [0, 0.05) is 33.2 Å². The van der Waals surface area contributed by atoms with Crippen molar-refractivity contribution in [3.63, 3.8) is 0 Å². The molecular weight excluding hydrogens is 236 g/mol. The summed E-state index contributed by atoms with van der Waals surface area (Å²) in [6.45, 7) is 3.02. The molecule has 7 nitrogen and oxygen atoms in total. The molecule has 1 atom stereocenters. The number of rotatable bonds is 3. The monoisotopic (exact) mass is 254 g/mol. The van der Waals surface area contributed by atoms with Gasteiger partial charge in [0.05, 0.1) is 19.0 Å². The lowest BCUT2D eigenvalue weighted by atomic mass is 10.1. The molecule has 2 saturated heterocycles. The number of nitrogens with two attached hydrogens (primary N) is 1. The molecule has 2 aliphatic rings. The average Bonchev–Trinajstić information content (AvgIpc) is 2.57. The second-order valence-corrected chi connectivity index (χ2v) is 4.79. The molecule has 18 heavy (non-hydrogen) atoms. The predicted octanol–water partition coefficient (Wildman–Crippen LogP) is -2.15. The van der Waals surface area contributed by atoms with Gasteiger partial charge in [0.2, 0.25) is 17.7 Å². The maximum absolute atomic E-state index is 11.8. The first-order valence-electron chi connectivity index (χ1n) is 6.04. The quantitative estimate of drug-likeness (QED) is 0.580. The average molecular weight is 254 g/mol. The van der Waals surface area contributed by atoms with Crippen LogP contribution in [0.5, 0.6) is 0 Å². The molecule has 0 bridgehead atoms. The third-order valence-corrected chi connectivity index (χ3v) is 3.58. The van der Waals surface area contributed by atoms with E-state index < -0.39 is 0 Å². The van der Waals surface area contributed by atoms with Crippen molar-refractivity contribution in [1.29, 1.82) is 0 Å². The highest BCUT2D eigenvalue weighted by Crippen LogP contribution is 2.18. The van der Waals surface area contributed by atoms with Crippen molar-refractivity contribution < 1.29 is 14.4 Å². The highest BCUT2D eigenvalue weighted by Gasteiger charge is 2.40. The molecule has 2 fully saturated rings. The van der Waals surface area contributed by atoms with E-state index in [0.29, 0.717) is 26.2 Å². The minimum Gasteiger partial charge on any atom is -0.369 e. The summed E-state index contributed by atoms with van der Waals surface area (Å²) in [5.74, 6) is -0.580. The van der Waals surface area contributed by atoms with Gasteiger partial charge in [0.1, 0.15) is 0 Å². The van der Waals surface area contributed by atoms with Crippen LogP contribution < -0.4 is 5.73 Å². The summed E-state index contributed by atoms with van der Waals surface area (Å²) in [5, 5.41) is 0. The van der Waals surface area contributed by atoms with E-state index in [1.165, 1.54) is 11.9 Å². The number of amides is 3. The van der Waals surface area contributed by atoms with Gasteiger partial charge in [0.25, 0.3) is 0 Å². The largest absolute Gasteiger partial charge is 0.369 e. The lowest BCUT2D eigenvalue weighted by Crippen LogP contribution is -2.53. The van der Waals surface area contributed by atoms with E-state index in [9.17, 15) is 14.4 Å². The van der Waals surface area contributed by atoms with E-state index >= 15 is 0 Å². The van der Waals surface area contributed by atoms with Crippen LogP contribution in [0, 0.1) is 0 Å². The van der Waals surface area contributed by atoms with Crippen LogP contribution in [0.15, 0.2) is 0 Å². The molecule has 0 radical (unpaired) electrons. The van der Waals surface area contributed by atoms with Gasteiger partial charge in [-0.25, -0.2) is 0 Å². The normalized spacial score (nSPS) is 26.9. The van der Waals surface area contributed by atoms with E-state index in [0.717, 1.165) is 0 Å². The minimum atomic E-state index is -0.338. The van der Waals surface area contributed by atoms with Gasteiger partial charge in [-0.05, 0) is 0 Å². The predicted molar refractivity (Wildman–Crippen MR) is 63.4 cm³/mol. The highest BCUT2D eigenvalue weighted by atomic mass is 16.2. The van der Waals surface area contributed by atoms with Crippen LogP contribution in [0.25, 0.3) is 0 Å². The number of nitrogens with zero attached hydrogens (tertiary/aromatic N) is 3. The number of hydrogen-bond donors (Lipinski definition) is 1. The zero-order valence-electron chi connectivity index (χ0n) is 10.5. The fourth-order valence-corrected chi connectivity index (χ4v) is 2.47. The van der Waals surface area contributed by atoms with Crippen molar-refractivity contribution >= 4 is 17.7 Å². The number of piperazine rings is 1. The third-order valence-electron chi connectivity index (χ3n) is 3.58. The third kappa shape index (κ3) is 2.51. The molecule has 0 aliphatic carbocycles. The maximum atomic E-state index is 11.8. The van der Waals surface area contributed by atoms with Crippen LogP contribution in [0.3, 0.4) is 0 Å². The van der Waals surface area contributed by atoms with E-state index in [2.05, 4.69) is 0 Å². The number of imide groups is 1. The SMILES string of the molecule is CN1C(=O)C[C@H](N2CCN(CC(N)=O)CC2)C1=O. The molecule has 3 amide bonds. The lowest BCUT2D eigenvalue weighted by molar-refractivity contribution is -0.138. The van der Waals surface area contributed by atoms with Crippen molar-refractivity contribution in [3.05, 3.63) is 0 Å². The molecule has 0 aromatic carbocycles. The van der Waals surface area contributed by atoms with Crippen LogP contribution >= 0.6 is 0 Å². The van der Waals surface area contributed by atoms with Gasteiger partial charge in [-0.2, -0.15) is 0 Å². The van der Waals surface area contributed by atoms with Crippen molar-refractivity contribution in [2.45, 2.75) is 12.5 Å². The van der Waals surface area contributed by atoms with Gasteiger partial charge in [-0.15, -0.1) is 0 Å². The molecule has 7 heteroatoms. The molecule has 2 rings (SSSR count). The van der Waals surface area contributed by atoms with Crippen molar-refractivity contribution in [3.8, 4) is 0 Å². The molecule has 0 aromatic heterocycles. The topological polar surface area (TPSA) is 86.9 Å². The summed E-state index contributed by atoms with van der Waals surface area (Å²) in [6, 6.07) is -0.321. The Morgan fingerprint density at radius 2 is 1.89 bits per heavy atom. The minimum absolute atomic E-state index is 0.121. The molecule has 2 aliphatic heterocycles. The van der Waals surface area contributed by atoms with Gasteiger partial charge in [0.15, 0.2) is 0 Å². The molecule has 2 heterocycles. The lowest BCUT2D eigenvalue weighted by Gasteiger charge is -2.36. The second-order valence-electron chi connectivity index (χ2n) is 4.79. The summed E-state index contributed by atoms with van der Waals surface area (Å²) in [6.07, 6.45) is 0.269. The summed E-state index contributed by atoms with van der Waals surface area (Å²) in [4.78, 5) is 39.3. The zero-order valence-corrected chi connectivity index (χ0v) is 10.5. The van der Waals surface area contributed by atoms with E-state index in [4.69, 9.17) is 5.73 Å². The smallest absolute Gasteiger partial charge is 0.246 e. The number of likely N-dealkylation sites (tertiary alicyclic amines) is 1. The Morgan fingerprint density at radius 3 is 2.33 bits per heavy atom. The van der Waals surface area contributed by atoms with Crippen LogP contribution in [0.2, 0.25) is 0 Å². The van der Waals surface area contributed by atoms with Crippen molar-refractivity contribution in [2.24, 2.45) is 5.73 Å². The Labute approximate surface area is 105 Å². The number of carbonyl (C=O) groups is 3. The Bertz CT molecular complexity index is 376. The van der Waals surface area contributed by atoms with Crippen LogP contribution in [0.1, 0.15) is 6.42 Å². The molecule has 0 aromatic rings. The zero-order chi connectivity index (χ0) is 13.3. The summed E-state index contributed by atoms with van der Waals surface area (Å²) >= 11 is 0. The summed E-state index contributed by atoms with van der Waals surface area (Å²) in [5.41, 5.74) is 5.14. The Morgan fingerprint density at radius 1 is 1.28 bits per heavy atom. The Hall–Kier alpha value is -1.47. The highest BCUT2D eigenvalue weighted by molar-refractivity contribution is 6.05. The molecular formula is C11H18N4O3. The fourth-order valence-electron chi connectivity index (χ4n) is 2.47. The van der Waals surface area contributed by atoms with Crippen LogP contribution in [-0.4, -0.2) is 78.2 Å². The Balaban J connectivity index is 1.89. The molecule has 0 spiro atoms. The van der Waals surface area contributed by atoms with Crippen molar-refractivity contribution in [1.82, 2.24) is 14.7 Å². The molecule has 0 saturated carbocycles. The fraction of sp³-hybridized carbons (Fsp3) is 0.727. The van der Waals surface area contributed by atoms with Crippen molar-refractivity contribution in [2.75, 3.05) is 39.8 Å². The molecule has 2 N–H and O–H groups in total. The first-order chi connectivity index (χ1) is 8.49. The van der Waals surface area contributed by atoms with E-state index in [-0.39, 0.29) is 36.7 Å². The first kappa shape index (κ1) is 13.0. The van der Waals surface area contributed by atoms with Gasteiger partial charge >= 0.3 is 0 Å². The maximum Gasteiger partial charge on any atom is 0.246 e. The van der Waals surface area contributed by atoms with E-state index in [1.54, 1.807) is 0 Å². The number of carbonyl (C=O) groups excluding carboxylic acids is 3. The summed E-state index contributed by atoms with van der Waals surface area (Å²) in [7, 11) is 1.52. The second kappa shape index (κ2) is 5.03. The van der Waals surface area contributed by atoms with Crippen LogP contribution in [0.4, 0.5) is 0 Å². The number of primary amides is 1. The van der Waals surface area contributed by atoms with Gasteiger partial charge in [-0.3, -0.25) is 29.1 Å². The van der Waals surface area contributed by atoms with Crippen LogP contribution in [-0.2, 0) is 14.4 Å². The standard InChI is InChI=1S/C11H18N4O3/c1-13-10(17)6-8(11(13)18)15-4-2-14(3-5-15)7-9(12)16/h8H,2-7H2,1H3,(H2,12,16)/t8-/m0/s1.